The van der Waals surface area contributed by atoms with Gasteiger partial charge >= 0.3 is 0 Å². The van der Waals surface area contributed by atoms with Gasteiger partial charge in [0.25, 0.3) is 0 Å². The summed E-state index contributed by atoms with van der Waals surface area (Å²) in [6.45, 7) is 0.404. The molecule has 21 heavy (non-hydrogen) atoms. The van der Waals surface area contributed by atoms with E-state index in [1.807, 2.05) is 0 Å². The molecule has 0 atom stereocenters. The lowest BCUT2D eigenvalue weighted by molar-refractivity contribution is 0.282. The first-order chi connectivity index (χ1) is 9.85. The van der Waals surface area contributed by atoms with Gasteiger partial charge in [-0.25, -0.2) is 12.8 Å². The zero-order valence-corrected chi connectivity index (χ0v) is 13.3. The molecule has 1 aromatic carbocycles. The molecule has 118 valence electrons. The maximum atomic E-state index is 14.5. The van der Waals surface area contributed by atoms with Crippen LogP contribution < -0.4 is 10.5 Å². The van der Waals surface area contributed by atoms with Gasteiger partial charge in [0.15, 0.2) is 21.4 Å². The molecule has 0 saturated heterocycles. The monoisotopic (exact) mass is 315 g/mol. The van der Waals surface area contributed by atoms with Gasteiger partial charge in [-0.1, -0.05) is 25.3 Å². The molecule has 0 heterocycles. The lowest BCUT2D eigenvalue weighted by atomic mass is 9.69. The Bertz CT molecular complexity index is 622. The zero-order valence-electron chi connectivity index (χ0n) is 12.5. The third-order valence-corrected chi connectivity index (χ3v) is 5.55. The topological polar surface area (TPSA) is 69.4 Å². The van der Waals surface area contributed by atoms with Crippen LogP contribution in [0.25, 0.3) is 0 Å². The minimum atomic E-state index is -3.63. The largest absolute Gasteiger partial charge is 0.493 e. The van der Waals surface area contributed by atoms with E-state index in [2.05, 4.69) is 0 Å². The number of hydrogen-bond acceptors (Lipinski definition) is 4. The maximum absolute atomic E-state index is 14.5. The Labute approximate surface area is 125 Å². The number of rotatable bonds is 4. The number of hydrogen-bond donors (Lipinski definition) is 1. The van der Waals surface area contributed by atoms with Crippen LogP contribution in [0.4, 0.5) is 4.39 Å². The molecule has 0 spiro atoms. The molecule has 2 N–H and O–H groups in total. The Kier molecular flexibility index (Phi) is 4.58. The summed E-state index contributed by atoms with van der Waals surface area (Å²) in [5.41, 5.74) is 6.34. The van der Waals surface area contributed by atoms with E-state index in [4.69, 9.17) is 10.5 Å². The summed E-state index contributed by atoms with van der Waals surface area (Å²) >= 11 is 0. The number of nitrogens with two attached hydrogens (primary N) is 1. The van der Waals surface area contributed by atoms with Crippen LogP contribution in [0.5, 0.6) is 5.75 Å². The molecule has 0 bridgehead atoms. The number of methoxy groups -OCH3 is 1. The quantitative estimate of drug-likeness (QED) is 0.926. The van der Waals surface area contributed by atoms with Gasteiger partial charge in [-0.3, -0.25) is 0 Å². The SMILES string of the molecule is COc1c(C2(CN)CCCCC2)ccc(S(C)(=O)=O)c1F. The summed E-state index contributed by atoms with van der Waals surface area (Å²) in [7, 11) is -2.26. The summed E-state index contributed by atoms with van der Waals surface area (Å²) in [6.07, 6.45) is 5.96. The van der Waals surface area contributed by atoms with Crippen LogP contribution in [0.1, 0.15) is 37.7 Å². The van der Waals surface area contributed by atoms with Crippen LogP contribution in [0.2, 0.25) is 0 Å². The number of benzene rings is 1. The summed E-state index contributed by atoms with van der Waals surface area (Å²) in [5.74, 6) is -0.791. The zero-order chi connectivity index (χ0) is 15.7. The second kappa shape index (κ2) is 5.93. The first-order valence-corrected chi connectivity index (χ1v) is 9.02. The molecule has 0 aromatic heterocycles. The highest BCUT2D eigenvalue weighted by molar-refractivity contribution is 7.90. The molecule has 1 aromatic rings. The molecule has 0 amide bonds. The predicted molar refractivity (Wildman–Crippen MR) is 79.9 cm³/mol. The van der Waals surface area contributed by atoms with Crippen molar-refractivity contribution in [2.45, 2.75) is 42.4 Å². The first-order valence-electron chi connectivity index (χ1n) is 7.13. The van der Waals surface area contributed by atoms with Crippen LogP contribution >= 0.6 is 0 Å². The van der Waals surface area contributed by atoms with Gasteiger partial charge in [-0.2, -0.15) is 0 Å². The van der Waals surface area contributed by atoms with Gasteiger partial charge < -0.3 is 10.5 Å². The van der Waals surface area contributed by atoms with Crippen molar-refractivity contribution < 1.29 is 17.5 Å². The van der Waals surface area contributed by atoms with Crippen molar-refractivity contribution in [1.29, 1.82) is 0 Å². The average molecular weight is 315 g/mol. The normalized spacial score (nSPS) is 18.5. The summed E-state index contributed by atoms with van der Waals surface area (Å²) in [4.78, 5) is -0.328. The Morgan fingerprint density at radius 1 is 1.29 bits per heavy atom. The van der Waals surface area contributed by atoms with Gasteiger partial charge in [0.05, 0.1) is 7.11 Å². The van der Waals surface area contributed by atoms with Crippen molar-refractivity contribution in [3.63, 3.8) is 0 Å². The van der Waals surface area contributed by atoms with E-state index in [0.29, 0.717) is 12.1 Å². The number of ether oxygens (including phenoxy) is 1. The van der Waals surface area contributed by atoms with Crippen LogP contribution in [0.15, 0.2) is 17.0 Å². The molecule has 0 radical (unpaired) electrons. The average Bonchev–Trinajstić information content (AvgIpc) is 2.46. The Balaban J connectivity index is 2.62. The van der Waals surface area contributed by atoms with Gasteiger partial charge in [0.1, 0.15) is 4.90 Å². The summed E-state index contributed by atoms with van der Waals surface area (Å²) in [5, 5.41) is 0. The lowest BCUT2D eigenvalue weighted by Gasteiger charge is -2.37. The molecular weight excluding hydrogens is 293 g/mol. The molecule has 0 aliphatic heterocycles. The van der Waals surface area contributed by atoms with E-state index < -0.39 is 15.7 Å². The van der Waals surface area contributed by atoms with E-state index in [-0.39, 0.29) is 16.1 Å². The Hall–Kier alpha value is -1.14. The summed E-state index contributed by atoms with van der Waals surface area (Å²) < 4.78 is 43.0. The molecule has 6 heteroatoms. The molecule has 0 unspecified atom stereocenters. The molecule has 1 saturated carbocycles. The van der Waals surface area contributed by atoms with E-state index in [1.54, 1.807) is 6.07 Å². The smallest absolute Gasteiger partial charge is 0.183 e. The van der Waals surface area contributed by atoms with Crippen LogP contribution in [-0.4, -0.2) is 28.3 Å². The fraction of sp³-hybridized carbons (Fsp3) is 0.600. The second-order valence-electron chi connectivity index (χ2n) is 5.78. The van der Waals surface area contributed by atoms with Crippen LogP contribution in [-0.2, 0) is 15.3 Å². The predicted octanol–water partition coefficient (Wildman–Crippen LogP) is 2.40. The van der Waals surface area contributed by atoms with Crippen LogP contribution in [0.3, 0.4) is 0 Å². The number of halogens is 1. The second-order valence-corrected chi connectivity index (χ2v) is 7.76. The molecular formula is C15H22FNO3S. The minimum absolute atomic E-state index is 0.0188. The Morgan fingerprint density at radius 3 is 2.38 bits per heavy atom. The fourth-order valence-corrected chi connectivity index (χ4v) is 3.99. The molecule has 4 nitrogen and oxygen atoms in total. The fourth-order valence-electron chi connectivity index (χ4n) is 3.25. The van der Waals surface area contributed by atoms with E-state index >= 15 is 0 Å². The molecule has 1 fully saturated rings. The highest BCUT2D eigenvalue weighted by Crippen LogP contribution is 2.44. The van der Waals surface area contributed by atoms with Crippen LogP contribution in [0, 0.1) is 5.82 Å². The highest BCUT2D eigenvalue weighted by atomic mass is 32.2. The van der Waals surface area contributed by atoms with Crippen molar-refractivity contribution >= 4 is 9.84 Å². The standard InChI is InChI=1S/C15H22FNO3S/c1-20-14-11(15(10-17)8-4-3-5-9-15)6-7-12(13(14)16)21(2,18)19/h6-7H,3-5,8-10,17H2,1-2H3. The Morgan fingerprint density at radius 2 is 1.90 bits per heavy atom. The van der Waals surface area contributed by atoms with E-state index in [9.17, 15) is 12.8 Å². The van der Waals surface area contributed by atoms with Crippen molar-refractivity contribution in [1.82, 2.24) is 0 Å². The van der Waals surface area contributed by atoms with Gasteiger partial charge in [-0.05, 0) is 18.9 Å². The van der Waals surface area contributed by atoms with Crippen molar-refractivity contribution in [2.75, 3.05) is 19.9 Å². The highest BCUT2D eigenvalue weighted by Gasteiger charge is 2.37. The lowest BCUT2D eigenvalue weighted by Crippen LogP contribution is -2.37. The van der Waals surface area contributed by atoms with E-state index in [0.717, 1.165) is 38.4 Å². The van der Waals surface area contributed by atoms with E-state index in [1.165, 1.54) is 13.2 Å². The van der Waals surface area contributed by atoms with Crippen molar-refractivity contribution in [2.24, 2.45) is 5.73 Å². The third-order valence-electron chi connectivity index (χ3n) is 4.44. The maximum Gasteiger partial charge on any atom is 0.183 e. The van der Waals surface area contributed by atoms with Gasteiger partial charge in [-0.15, -0.1) is 0 Å². The minimum Gasteiger partial charge on any atom is -0.493 e. The van der Waals surface area contributed by atoms with Gasteiger partial charge in [0.2, 0.25) is 0 Å². The number of sulfone groups is 1. The molecule has 1 aliphatic rings. The van der Waals surface area contributed by atoms with Gasteiger partial charge in [0, 0.05) is 23.8 Å². The molecule has 1 aliphatic carbocycles. The molecule has 2 rings (SSSR count). The summed E-state index contributed by atoms with van der Waals surface area (Å²) in [6, 6.07) is 2.99. The van der Waals surface area contributed by atoms with Crippen molar-refractivity contribution in [3.05, 3.63) is 23.5 Å². The third kappa shape index (κ3) is 2.92. The van der Waals surface area contributed by atoms with Crippen molar-refractivity contribution in [3.8, 4) is 5.75 Å². The first kappa shape index (κ1) is 16.2.